The highest BCUT2D eigenvalue weighted by atomic mass is 19.2. The van der Waals surface area contributed by atoms with E-state index in [1.54, 1.807) is 12.1 Å². The number of fused-ring (bicyclic) bond motifs is 1. The van der Waals surface area contributed by atoms with E-state index in [-0.39, 0.29) is 5.56 Å². The molecular weight excluding hydrogens is 274 g/mol. The summed E-state index contributed by atoms with van der Waals surface area (Å²) in [5.74, 6) is -1.42. The van der Waals surface area contributed by atoms with Crippen molar-refractivity contribution < 1.29 is 18.6 Å². The Hall–Kier alpha value is -1.94. The number of ether oxygens (including phenoxy) is 1. The number of hydrogen-bond donors (Lipinski definition) is 1. The summed E-state index contributed by atoms with van der Waals surface area (Å²) in [7, 11) is 0. The lowest BCUT2D eigenvalue weighted by Crippen LogP contribution is -2.27. The molecule has 1 aliphatic rings. The van der Waals surface area contributed by atoms with Gasteiger partial charge in [0.25, 0.3) is 0 Å². The second-order valence-electron chi connectivity index (χ2n) is 5.42. The molecule has 2 aromatic rings. The number of benzene rings is 2. The van der Waals surface area contributed by atoms with Crippen LogP contribution in [0.25, 0.3) is 0 Å². The monoisotopic (exact) mass is 290 g/mol. The Balaban J connectivity index is 2.16. The van der Waals surface area contributed by atoms with Crippen molar-refractivity contribution in [2.24, 2.45) is 0 Å². The molecule has 0 radical (unpaired) electrons. The predicted octanol–water partition coefficient (Wildman–Crippen LogP) is 3.55. The summed E-state index contributed by atoms with van der Waals surface area (Å²) < 4.78 is 33.1. The fraction of sp³-hybridized carbons (Fsp3) is 0.294. The van der Waals surface area contributed by atoms with Gasteiger partial charge in [-0.1, -0.05) is 30.3 Å². The van der Waals surface area contributed by atoms with Gasteiger partial charge in [0.15, 0.2) is 11.6 Å². The minimum Gasteiger partial charge on any atom is -0.493 e. The first kappa shape index (κ1) is 14.0. The fourth-order valence-corrected chi connectivity index (χ4v) is 2.80. The Morgan fingerprint density at radius 2 is 1.81 bits per heavy atom. The quantitative estimate of drug-likeness (QED) is 0.916. The largest absolute Gasteiger partial charge is 0.493 e. The summed E-state index contributed by atoms with van der Waals surface area (Å²) in [6.07, 6.45) is 1.76. The normalized spacial score (nSPS) is 16.8. The van der Waals surface area contributed by atoms with Gasteiger partial charge in [-0.25, -0.2) is 8.78 Å². The lowest BCUT2D eigenvalue weighted by atomic mass is 9.85. The topological polar surface area (TPSA) is 29.5 Å². The zero-order valence-corrected chi connectivity index (χ0v) is 11.7. The van der Waals surface area contributed by atoms with Crippen LogP contribution in [-0.2, 0) is 12.0 Å². The van der Waals surface area contributed by atoms with E-state index in [4.69, 9.17) is 4.74 Å². The lowest BCUT2D eigenvalue weighted by Gasteiger charge is -2.30. The van der Waals surface area contributed by atoms with Crippen LogP contribution in [0.1, 0.15) is 30.0 Å². The van der Waals surface area contributed by atoms with Crippen LogP contribution in [-0.4, -0.2) is 11.7 Å². The second-order valence-corrected chi connectivity index (χ2v) is 5.42. The van der Waals surface area contributed by atoms with Crippen LogP contribution in [0.5, 0.6) is 5.75 Å². The molecule has 1 N–H and O–H groups in total. The molecule has 21 heavy (non-hydrogen) atoms. The molecular formula is C17H16F2O2. The van der Waals surface area contributed by atoms with Crippen LogP contribution in [0, 0.1) is 11.6 Å². The van der Waals surface area contributed by atoms with Gasteiger partial charge in [0.2, 0.25) is 0 Å². The molecule has 1 unspecified atom stereocenters. The third-order valence-electron chi connectivity index (χ3n) is 3.93. The fourth-order valence-electron chi connectivity index (χ4n) is 2.80. The van der Waals surface area contributed by atoms with Gasteiger partial charge in [0.1, 0.15) is 11.4 Å². The van der Waals surface area contributed by atoms with Crippen LogP contribution in [0.15, 0.2) is 36.4 Å². The van der Waals surface area contributed by atoms with Gasteiger partial charge < -0.3 is 9.84 Å². The SMILES string of the molecule is CC(O)(c1cccc(F)c1F)c1cccc2c1OCCC2. The standard InChI is InChI=1S/C17H16F2O2/c1-17(20,12-7-3-9-14(18)15(12)19)13-8-2-5-11-6-4-10-21-16(11)13/h2-3,5,7-9,20H,4,6,10H2,1H3. The zero-order valence-electron chi connectivity index (χ0n) is 11.7. The molecule has 0 saturated heterocycles. The van der Waals surface area contributed by atoms with Crippen LogP contribution < -0.4 is 4.74 Å². The Morgan fingerprint density at radius 3 is 2.62 bits per heavy atom. The van der Waals surface area contributed by atoms with Crippen molar-refractivity contribution in [3.63, 3.8) is 0 Å². The van der Waals surface area contributed by atoms with E-state index in [9.17, 15) is 13.9 Å². The van der Waals surface area contributed by atoms with Gasteiger partial charge in [-0.05, 0) is 31.4 Å². The molecule has 0 aliphatic carbocycles. The molecule has 1 atom stereocenters. The summed E-state index contributed by atoms with van der Waals surface area (Å²) in [5.41, 5.74) is -0.306. The third kappa shape index (κ3) is 2.29. The average molecular weight is 290 g/mol. The minimum absolute atomic E-state index is 0.0925. The molecule has 110 valence electrons. The van der Waals surface area contributed by atoms with E-state index in [1.807, 2.05) is 6.07 Å². The summed E-state index contributed by atoms with van der Waals surface area (Å²) in [6, 6.07) is 9.23. The van der Waals surface area contributed by atoms with Crippen LogP contribution in [0.2, 0.25) is 0 Å². The van der Waals surface area contributed by atoms with Crippen molar-refractivity contribution in [2.45, 2.75) is 25.4 Å². The van der Waals surface area contributed by atoms with Crippen molar-refractivity contribution in [3.8, 4) is 5.75 Å². The highest BCUT2D eigenvalue weighted by molar-refractivity contribution is 5.49. The molecule has 2 aromatic carbocycles. The minimum atomic E-state index is -1.66. The van der Waals surface area contributed by atoms with E-state index in [1.165, 1.54) is 19.1 Å². The Morgan fingerprint density at radius 1 is 1.10 bits per heavy atom. The van der Waals surface area contributed by atoms with E-state index in [2.05, 4.69) is 0 Å². The number of para-hydroxylation sites is 1. The molecule has 4 heteroatoms. The van der Waals surface area contributed by atoms with Crippen molar-refractivity contribution >= 4 is 0 Å². The van der Waals surface area contributed by atoms with Crippen molar-refractivity contribution in [1.82, 2.24) is 0 Å². The van der Waals surface area contributed by atoms with E-state index >= 15 is 0 Å². The van der Waals surface area contributed by atoms with Crippen molar-refractivity contribution in [3.05, 3.63) is 64.7 Å². The molecule has 3 rings (SSSR count). The Kier molecular flexibility index (Phi) is 3.41. The van der Waals surface area contributed by atoms with Crippen molar-refractivity contribution in [2.75, 3.05) is 6.61 Å². The first-order valence-corrected chi connectivity index (χ1v) is 6.94. The summed E-state index contributed by atoms with van der Waals surface area (Å²) in [4.78, 5) is 0. The number of halogens is 2. The third-order valence-corrected chi connectivity index (χ3v) is 3.93. The first-order valence-electron chi connectivity index (χ1n) is 6.94. The first-order chi connectivity index (χ1) is 10.0. The van der Waals surface area contributed by atoms with Gasteiger partial charge >= 0.3 is 0 Å². The van der Waals surface area contributed by atoms with Crippen LogP contribution in [0.3, 0.4) is 0 Å². The van der Waals surface area contributed by atoms with Crippen LogP contribution >= 0.6 is 0 Å². The number of hydrogen-bond acceptors (Lipinski definition) is 2. The number of aliphatic hydroxyl groups is 1. The summed E-state index contributed by atoms with van der Waals surface area (Å²) >= 11 is 0. The zero-order chi connectivity index (χ0) is 15.0. The van der Waals surface area contributed by atoms with Gasteiger partial charge in [0, 0.05) is 11.1 Å². The predicted molar refractivity (Wildman–Crippen MR) is 75.3 cm³/mol. The molecule has 1 aliphatic heterocycles. The van der Waals surface area contributed by atoms with Gasteiger partial charge in [-0.2, -0.15) is 0 Å². The van der Waals surface area contributed by atoms with E-state index < -0.39 is 17.2 Å². The summed E-state index contributed by atoms with van der Waals surface area (Å²) in [5, 5.41) is 10.8. The Bertz CT molecular complexity index is 680. The maximum absolute atomic E-state index is 14.0. The molecule has 0 bridgehead atoms. The van der Waals surface area contributed by atoms with Gasteiger partial charge in [-0.3, -0.25) is 0 Å². The molecule has 0 aromatic heterocycles. The maximum Gasteiger partial charge on any atom is 0.165 e. The van der Waals surface area contributed by atoms with Crippen molar-refractivity contribution in [1.29, 1.82) is 0 Å². The molecule has 2 nitrogen and oxygen atoms in total. The van der Waals surface area contributed by atoms with E-state index in [0.717, 1.165) is 24.5 Å². The average Bonchev–Trinajstić information content (AvgIpc) is 2.49. The van der Waals surface area contributed by atoms with E-state index in [0.29, 0.717) is 17.9 Å². The molecule has 0 saturated carbocycles. The highest BCUT2D eigenvalue weighted by Crippen LogP contribution is 2.40. The smallest absolute Gasteiger partial charge is 0.165 e. The molecule has 0 amide bonds. The highest BCUT2D eigenvalue weighted by Gasteiger charge is 2.34. The van der Waals surface area contributed by atoms with Crippen LogP contribution in [0.4, 0.5) is 8.78 Å². The second kappa shape index (κ2) is 5.11. The molecule has 0 fully saturated rings. The molecule has 0 spiro atoms. The van der Waals surface area contributed by atoms with Gasteiger partial charge in [0.05, 0.1) is 6.61 Å². The lowest BCUT2D eigenvalue weighted by molar-refractivity contribution is 0.0918. The maximum atomic E-state index is 14.0. The summed E-state index contributed by atoms with van der Waals surface area (Å²) in [6.45, 7) is 2.02. The number of aryl methyl sites for hydroxylation is 1. The van der Waals surface area contributed by atoms with Gasteiger partial charge in [-0.15, -0.1) is 0 Å². The Labute approximate surface area is 122 Å². The number of rotatable bonds is 2. The molecule has 1 heterocycles.